The minimum absolute atomic E-state index is 0.00598. The van der Waals surface area contributed by atoms with Crippen molar-refractivity contribution in [2.24, 2.45) is 0 Å². The molecule has 102 valence electrons. The van der Waals surface area contributed by atoms with Crippen LogP contribution in [0, 0.1) is 15.9 Å². The van der Waals surface area contributed by atoms with Gasteiger partial charge in [-0.2, -0.15) is 0 Å². The summed E-state index contributed by atoms with van der Waals surface area (Å²) in [5.41, 5.74) is 2.25. The SMILES string of the molecule is O=[N+]([O-])c1ccc(Oc2ccc3c(c2)CCC3)c(F)c1. The van der Waals surface area contributed by atoms with Crippen molar-refractivity contribution in [3.63, 3.8) is 0 Å². The van der Waals surface area contributed by atoms with E-state index < -0.39 is 10.7 Å². The predicted octanol–water partition coefficient (Wildman–Crippen LogP) is 4.01. The van der Waals surface area contributed by atoms with Gasteiger partial charge in [0.2, 0.25) is 0 Å². The zero-order chi connectivity index (χ0) is 14.1. The highest BCUT2D eigenvalue weighted by Gasteiger charge is 2.14. The van der Waals surface area contributed by atoms with Crippen LogP contribution in [0.1, 0.15) is 17.5 Å². The number of nitro benzene ring substituents is 1. The Bertz CT molecular complexity index is 685. The highest BCUT2D eigenvalue weighted by atomic mass is 19.1. The summed E-state index contributed by atoms with van der Waals surface area (Å²) in [7, 11) is 0. The first-order valence-electron chi connectivity index (χ1n) is 6.37. The molecule has 0 aliphatic heterocycles. The zero-order valence-corrected chi connectivity index (χ0v) is 10.6. The van der Waals surface area contributed by atoms with E-state index in [1.54, 1.807) is 6.07 Å². The van der Waals surface area contributed by atoms with Crippen molar-refractivity contribution in [2.45, 2.75) is 19.3 Å². The quantitative estimate of drug-likeness (QED) is 0.627. The molecule has 4 nitrogen and oxygen atoms in total. The highest BCUT2D eigenvalue weighted by molar-refractivity contribution is 5.43. The lowest BCUT2D eigenvalue weighted by atomic mass is 10.1. The maximum atomic E-state index is 13.7. The lowest BCUT2D eigenvalue weighted by molar-refractivity contribution is -0.385. The van der Waals surface area contributed by atoms with Crippen LogP contribution in [0.4, 0.5) is 10.1 Å². The third-order valence-electron chi connectivity index (χ3n) is 3.42. The van der Waals surface area contributed by atoms with Gasteiger partial charge in [-0.1, -0.05) is 6.07 Å². The fourth-order valence-corrected chi connectivity index (χ4v) is 2.42. The van der Waals surface area contributed by atoms with Crippen LogP contribution >= 0.6 is 0 Å². The number of hydrogen-bond donors (Lipinski definition) is 0. The molecule has 1 aliphatic rings. The normalized spacial score (nSPS) is 13.1. The van der Waals surface area contributed by atoms with Crippen LogP contribution in [0.5, 0.6) is 11.5 Å². The number of rotatable bonds is 3. The Morgan fingerprint density at radius 3 is 2.65 bits per heavy atom. The summed E-state index contributed by atoms with van der Waals surface area (Å²) in [4.78, 5) is 9.91. The monoisotopic (exact) mass is 273 g/mol. The van der Waals surface area contributed by atoms with Crippen LogP contribution in [0.25, 0.3) is 0 Å². The first kappa shape index (κ1) is 12.6. The Labute approximate surface area is 115 Å². The summed E-state index contributed by atoms with van der Waals surface area (Å²) in [6, 6.07) is 9.06. The molecule has 3 rings (SSSR count). The Morgan fingerprint density at radius 1 is 1.10 bits per heavy atom. The van der Waals surface area contributed by atoms with Gasteiger partial charge in [0.15, 0.2) is 11.6 Å². The minimum atomic E-state index is -0.736. The second-order valence-electron chi connectivity index (χ2n) is 4.76. The molecule has 0 saturated carbocycles. The van der Waals surface area contributed by atoms with Crippen molar-refractivity contribution in [1.29, 1.82) is 0 Å². The lowest BCUT2D eigenvalue weighted by Crippen LogP contribution is -1.93. The van der Waals surface area contributed by atoms with Crippen LogP contribution in [0.3, 0.4) is 0 Å². The van der Waals surface area contributed by atoms with Gasteiger partial charge in [-0.3, -0.25) is 10.1 Å². The van der Waals surface area contributed by atoms with Gasteiger partial charge in [-0.25, -0.2) is 4.39 Å². The molecule has 2 aromatic carbocycles. The molecule has 0 aromatic heterocycles. The van der Waals surface area contributed by atoms with Gasteiger partial charge in [-0.05, 0) is 48.6 Å². The number of benzene rings is 2. The number of non-ortho nitro benzene ring substituents is 1. The number of halogens is 1. The van der Waals surface area contributed by atoms with Crippen molar-refractivity contribution in [3.8, 4) is 11.5 Å². The summed E-state index contributed by atoms with van der Waals surface area (Å²) in [6.07, 6.45) is 3.21. The van der Waals surface area contributed by atoms with Gasteiger partial charge >= 0.3 is 0 Å². The van der Waals surface area contributed by atoms with Crippen LogP contribution in [0.15, 0.2) is 36.4 Å². The number of ether oxygens (including phenoxy) is 1. The molecule has 0 bridgehead atoms. The molecule has 1 aliphatic carbocycles. The number of nitrogens with zero attached hydrogens (tertiary/aromatic N) is 1. The van der Waals surface area contributed by atoms with E-state index >= 15 is 0 Å². The van der Waals surface area contributed by atoms with E-state index in [0.29, 0.717) is 5.75 Å². The topological polar surface area (TPSA) is 52.4 Å². The smallest absolute Gasteiger partial charge is 0.272 e. The minimum Gasteiger partial charge on any atom is -0.454 e. The van der Waals surface area contributed by atoms with E-state index in [0.717, 1.165) is 25.3 Å². The van der Waals surface area contributed by atoms with Crippen molar-refractivity contribution >= 4 is 5.69 Å². The zero-order valence-electron chi connectivity index (χ0n) is 10.6. The second kappa shape index (κ2) is 4.92. The Morgan fingerprint density at radius 2 is 1.90 bits per heavy atom. The fourth-order valence-electron chi connectivity index (χ4n) is 2.42. The fraction of sp³-hybridized carbons (Fsp3) is 0.200. The molecular formula is C15H12FNO3. The maximum Gasteiger partial charge on any atom is 0.272 e. The summed E-state index contributed by atoms with van der Waals surface area (Å²) in [6.45, 7) is 0. The molecule has 5 heteroatoms. The van der Waals surface area contributed by atoms with E-state index in [1.807, 2.05) is 12.1 Å². The molecule has 0 saturated heterocycles. The van der Waals surface area contributed by atoms with Gasteiger partial charge in [0.25, 0.3) is 5.69 Å². The molecule has 0 unspecified atom stereocenters. The van der Waals surface area contributed by atoms with E-state index in [2.05, 4.69) is 0 Å². The molecule has 0 atom stereocenters. The Balaban J connectivity index is 1.86. The van der Waals surface area contributed by atoms with E-state index in [9.17, 15) is 14.5 Å². The van der Waals surface area contributed by atoms with Gasteiger partial charge in [0.1, 0.15) is 5.75 Å². The van der Waals surface area contributed by atoms with Crippen LogP contribution in [0.2, 0.25) is 0 Å². The average Bonchev–Trinajstić information content (AvgIpc) is 2.88. The molecule has 0 spiro atoms. The van der Waals surface area contributed by atoms with Gasteiger partial charge in [-0.15, -0.1) is 0 Å². The predicted molar refractivity (Wildman–Crippen MR) is 71.6 cm³/mol. The molecule has 0 amide bonds. The first-order valence-corrected chi connectivity index (χ1v) is 6.37. The van der Waals surface area contributed by atoms with Gasteiger partial charge in [0, 0.05) is 6.07 Å². The summed E-state index contributed by atoms with van der Waals surface area (Å²) in [5.74, 6) is -0.188. The highest BCUT2D eigenvalue weighted by Crippen LogP contribution is 2.31. The molecule has 0 radical (unpaired) electrons. The Hall–Kier alpha value is -2.43. The summed E-state index contributed by atoms with van der Waals surface area (Å²) in [5, 5.41) is 10.5. The molecule has 20 heavy (non-hydrogen) atoms. The van der Waals surface area contributed by atoms with Crippen molar-refractivity contribution in [1.82, 2.24) is 0 Å². The number of hydrogen-bond acceptors (Lipinski definition) is 3. The maximum absolute atomic E-state index is 13.7. The molecule has 2 aromatic rings. The number of fused-ring (bicyclic) bond motifs is 1. The van der Waals surface area contributed by atoms with Crippen molar-refractivity contribution in [2.75, 3.05) is 0 Å². The average molecular weight is 273 g/mol. The van der Waals surface area contributed by atoms with Gasteiger partial charge in [0.05, 0.1) is 11.0 Å². The number of nitro groups is 1. The first-order chi connectivity index (χ1) is 9.63. The summed E-state index contributed by atoms with van der Waals surface area (Å²) < 4.78 is 19.2. The van der Waals surface area contributed by atoms with E-state index in [4.69, 9.17) is 4.74 Å². The Kier molecular flexibility index (Phi) is 3.10. The van der Waals surface area contributed by atoms with Crippen molar-refractivity contribution < 1.29 is 14.1 Å². The third-order valence-corrected chi connectivity index (χ3v) is 3.42. The second-order valence-corrected chi connectivity index (χ2v) is 4.76. The summed E-state index contributed by atoms with van der Waals surface area (Å²) >= 11 is 0. The van der Waals surface area contributed by atoms with Crippen LogP contribution in [-0.2, 0) is 12.8 Å². The molecule has 0 N–H and O–H groups in total. The molecule has 0 fully saturated rings. The van der Waals surface area contributed by atoms with E-state index in [1.165, 1.54) is 23.3 Å². The standard InChI is InChI=1S/C15H12FNO3/c16-14-9-12(17(18)19)5-7-15(14)20-13-6-4-10-2-1-3-11(10)8-13/h4-9H,1-3H2. The molecule has 0 heterocycles. The third kappa shape index (κ3) is 2.34. The largest absolute Gasteiger partial charge is 0.454 e. The van der Waals surface area contributed by atoms with Crippen LogP contribution < -0.4 is 4.74 Å². The van der Waals surface area contributed by atoms with Gasteiger partial charge < -0.3 is 4.74 Å². The van der Waals surface area contributed by atoms with Crippen molar-refractivity contribution in [3.05, 3.63) is 63.5 Å². The van der Waals surface area contributed by atoms with Crippen LogP contribution in [-0.4, -0.2) is 4.92 Å². The van der Waals surface area contributed by atoms with E-state index in [-0.39, 0.29) is 11.4 Å². The lowest BCUT2D eigenvalue weighted by Gasteiger charge is -2.08. The number of aryl methyl sites for hydroxylation is 2. The molecular weight excluding hydrogens is 261 g/mol.